The van der Waals surface area contributed by atoms with Crippen LogP contribution >= 0.6 is 0 Å². The number of ether oxygens (including phenoxy) is 1. The molecule has 0 amide bonds. The Morgan fingerprint density at radius 2 is 1.86 bits per heavy atom. The van der Waals surface area contributed by atoms with Gasteiger partial charge >= 0.3 is 0 Å². The third kappa shape index (κ3) is 4.45. The van der Waals surface area contributed by atoms with Crippen molar-refractivity contribution in [2.75, 3.05) is 18.8 Å². The number of aliphatic hydroxyl groups excluding tert-OH is 1. The van der Waals surface area contributed by atoms with Crippen LogP contribution in [0.15, 0.2) is 48.8 Å². The molecule has 182 valence electrons. The molecule has 4 aromatic rings. The van der Waals surface area contributed by atoms with Gasteiger partial charge in [0.15, 0.2) is 17.1 Å². The molecular weight excluding hydrogens is 448 g/mol. The van der Waals surface area contributed by atoms with E-state index in [1.807, 2.05) is 23.7 Å². The van der Waals surface area contributed by atoms with E-state index in [1.165, 1.54) is 18.5 Å². The van der Waals surface area contributed by atoms with Crippen molar-refractivity contribution < 1.29 is 20.1 Å². The largest absolute Gasteiger partial charge is 0.504 e. The zero-order chi connectivity index (χ0) is 24.5. The van der Waals surface area contributed by atoms with Gasteiger partial charge in [-0.1, -0.05) is 6.92 Å². The lowest BCUT2D eigenvalue weighted by Crippen LogP contribution is -2.43. The Labute approximate surface area is 202 Å². The molecule has 0 bridgehead atoms. The van der Waals surface area contributed by atoms with Crippen molar-refractivity contribution in [2.24, 2.45) is 0 Å². The van der Waals surface area contributed by atoms with E-state index in [2.05, 4.69) is 14.9 Å². The third-order valence-electron chi connectivity index (χ3n) is 6.39. The smallest absolute Gasteiger partial charge is 0.164 e. The highest BCUT2D eigenvalue weighted by atomic mass is 16.5. The van der Waals surface area contributed by atoms with E-state index in [-0.39, 0.29) is 17.5 Å². The Morgan fingerprint density at radius 3 is 2.60 bits per heavy atom. The van der Waals surface area contributed by atoms with Gasteiger partial charge in [0.1, 0.15) is 35.6 Å². The van der Waals surface area contributed by atoms with Crippen molar-refractivity contribution in [3.8, 4) is 34.3 Å². The molecule has 35 heavy (non-hydrogen) atoms. The van der Waals surface area contributed by atoms with E-state index >= 15 is 0 Å². The molecule has 10 nitrogen and oxygen atoms in total. The van der Waals surface area contributed by atoms with E-state index < -0.39 is 6.23 Å². The molecule has 10 heteroatoms. The predicted octanol–water partition coefficient (Wildman–Crippen LogP) is 3.64. The first kappa shape index (κ1) is 22.9. The van der Waals surface area contributed by atoms with Gasteiger partial charge in [-0.2, -0.15) is 5.10 Å². The van der Waals surface area contributed by atoms with Gasteiger partial charge < -0.3 is 25.8 Å². The number of piperidine rings is 1. The summed E-state index contributed by atoms with van der Waals surface area (Å²) < 4.78 is 7.70. The number of nitrogens with zero attached hydrogens (tertiary/aromatic N) is 5. The molecular formula is C25H28N6O4. The molecule has 0 spiro atoms. The molecule has 0 radical (unpaired) electrons. The summed E-state index contributed by atoms with van der Waals surface area (Å²) in [7, 11) is 0. The summed E-state index contributed by atoms with van der Waals surface area (Å²) >= 11 is 0. The second-order valence-corrected chi connectivity index (χ2v) is 8.71. The van der Waals surface area contributed by atoms with Gasteiger partial charge in [-0.15, -0.1) is 0 Å². The summed E-state index contributed by atoms with van der Waals surface area (Å²) in [5, 5.41) is 35.1. The minimum absolute atomic E-state index is 0.0558. The SMILES string of the molecule is CCC(O)N1CCCC(n2nc(-c3ccc(Oc4ccc(O)c(O)c4)cc3)c3c(N)ncnc32)C1. The molecule has 1 fully saturated rings. The average molecular weight is 477 g/mol. The second kappa shape index (κ2) is 9.40. The van der Waals surface area contributed by atoms with Crippen molar-refractivity contribution in [1.29, 1.82) is 0 Å². The minimum Gasteiger partial charge on any atom is -0.504 e. The van der Waals surface area contributed by atoms with E-state index in [4.69, 9.17) is 15.6 Å². The molecule has 1 aliphatic heterocycles. The number of aliphatic hydroxyl groups is 1. The molecule has 2 unspecified atom stereocenters. The van der Waals surface area contributed by atoms with Crippen LogP contribution in [0.3, 0.4) is 0 Å². The summed E-state index contributed by atoms with van der Waals surface area (Å²) in [6.45, 7) is 3.51. The highest BCUT2D eigenvalue weighted by Crippen LogP contribution is 2.36. The molecule has 5 rings (SSSR count). The lowest BCUT2D eigenvalue weighted by molar-refractivity contribution is -0.0225. The van der Waals surface area contributed by atoms with Gasteiger partial charge in [-0.05, 0) is 55.7 Å². The number of nitrogen functional groups attached to an aromatic ring is 1. The van der Waals surface area contributed by atoms with E-state index in [0.29, 0.717) is 47.0 Å². The molecule has 1 saturated heterocycles. The standard InChI is InChI=1S/C25H28N6O4/c1-2-21(34)30-11-3-4-16(13-30)31-25-22(24(26)27-14-28-25)23(29-31)15-5-7-17(8-6-15)35-18-9-10-19(32)20(33)12-18/h5-10,12,14,16,21,32-34H,2-4,11,13H2,1H3,(H2,26,27,28). The Hall–Kier alpha value is -3.89. The van der Waals surface area contributed by atoms with Crippen LogP contribution in [0, 0.1) is 0 Å². The second-order valence-electron chi connectivity index (χ2n) is 8.71. The van der Waals surface area contributed by atoms with Crippen LogP contribution in [0.5, 0.6) is 23.0 Å². The lowest BCUT2D eigenvalue weighted by Gasteiger charge is -2.35. The van der Waals surface area contributed by atoms with Gasteiger partial charge in [0, 0.05) is 24.7 Å². The minimum atomic E-state index is -0.471. The highest BCUT2D eigenvalue weighted by molar-refractivity contribution is 5.98. The number of aromatic hydroxyl groups is 2. The average Bonchev–Trinajstić information content (AvgIpc) is 3.27. The van der Waals surface area contributed by atoms with Crippen LogP contribution in [0.25, 0.3) is 22.3 Å². The van der Waals surface area contributed by atoms with Crippen molar-refractivity contribution >= 4 is 16.9 Å². The monoisotopic (exact) mass is 476 g/mol. The van der Waals surface area contributed by atoms with Gasteiger partial charge in [0.2, 0.25) is 0 Å². The molecule has 2 aromatic carbocycles. The van der Waals surface area contributed by atoms with Crippen molar-refractivity contribution in [3.63, 3.8) is 0 Å². The Balaban J connectivity index is 1.47. The summed E-state index contributed by atoms with van der Waals surface area (Å²) in [6.07, 6.45) is 3.54. The third-order valence-corrected chi connectivity index (χ3v) is 6.39. The maximum atomic E-state index is 10.4. The summed E-state index contributed by atoms with van der Waals surface area (Å²) in [5.41, 5.74) is 8.45. The van der Waals surface area contributed by atoms with Crippen LogP contribution in [-0.4, -0.2) is 59.3 Å². The Morgan fingerprint density at radius 1 is 1.09 bits per heavy atom. The number of rotatable bonds is 6. The number of phenols is 2. The maximum Gasteiger partial charge on any atom is 0.164 e. The first-order valence-electron chi connectivity index (χ1n) is 11.7. The number of hydrogen-bond acceptors (Lipinski definition) is 9. The Kier molecular flexibility index (Phi) is 6.14. The summed E-state index contributed by atoms with van der Waals surface area (Å²) in [6, 6.07) is 11.7. The van der Waals surface area contributed by atoms with Gasteiger partial charge in [-0.3, -0.25) is 4.90 Å². The van der Waals surface area contributed by atoms with Crippen molar-refractivity contribution in [1.82, 2.24) is 24.6 Å². The number of nitrogens with two attached hydrogens (primary N) is 1. The molecule has 1 aliphatic rings. The van der Waals surface area contributed by atoms with Crippen LogP contribution in [0.2, 0.25) is 0 Å². The van der Waals surface area contributed by atoms with E-state index in [0.717, 1.165) is 24.9 Å². The van der Waals surface area contributed by atoms with Crippen molar-refractivity contribution in [2.45, 2.75) is 38.5 Å². The molecule has 2 aromatic heterocycles. The fourth-order valence-electron chi connectivity index (χ4n) is 4.55. The van der Waals surface area contributed by atoms with Crippen LogP contribution in [0.4, 0.5) is 5.82 Å². The maximum absolute atomic E-state index is 10.4. The number of benzene rings is 2. The normalized spacial score (nSPS) is 17.5. The first-order chi connectivity index (χ1) is 16.9. The number of hydrogen-bond donors (Lipinski definition) is 4. The quantitative estimate of drug-likeness (QED) is 0.307. The van der Waals surface area contributed by atoms with Gasteiger partial charge in [-0.25, -0.2) is 14.6 Å². The number of aromatic nitrogens is 4. The topological polar surface area (TPSA) is 143 Å². The number of fused-ring (bicyclic) bond motifs is 1. The first-order valence-corrected chi connectivity index (χ1v) is 11.7. The van der Waals surface area contributed by atoms with Crippen LogP contribution in [-0.2, 0) is 0 Å². The molecule has 3 heterocycles. The highest BCUT2D eigenvalue weighted by Gasteiger charge is 2.28. The van der Waals surface area contributed by atoms with E-state index in [9.17, 15) is 15.3 Å². The van der Waals surface area contributed by atoms with Gasteiger partial charge in [0.05, 0.1) is 11.4 Å². The lowest BCUT2D eigenvalue weighted by atomic mass is 10.1. The van der Waals surface area contributed by atoms with Gasteiger partial charge in [0.25, 0.3) is 0 Å². The van der Waals surface area contributed by atoms with Crippen molar-refractivity contribution in [3.05, 3.63) is 48.8 Å². The summed E-state index contributed by atoms with van der Waals surface area (Å²) in [4.78, 5) is 10.8. The number of likely N-dealkylation sites (tertiary alicyclic amines) is 1. The number of anilines is 1. The molecule has 0 saturated carbocycles. The fourth-order valence-corrected chi connectivity index (χ4v) is 4.55. The zero-order valence-electron chi connectivity index (χ0n) is 19.4. The zero-order valence-corrected chi connectivity index (χ0v) is 19.4. The predicted molar refractivity (Wildman–Crippen MR) is 131 cm³/mol. The molecule has 2 atom stereocenters. The molecule has 0 aliphatic carbocycles. The van der Waals surface area contributed by atoms with Crippen LogP contribution in [0.1, 0.15) is 32.2 Å². The van der Waals surface area contributed by atoms with Crippen LogP contribution < -0.4 is 10.5 Å². The molecule has 5 N–H and O–H groups in total. The Bertz CT molecular complexity index is 1340. The number of phenolic OH excluding ortho intramolecular Hbond substituents is 2. The summed E-state index contributed by atoms with van der Waals surface area (Å²) in [5.74, 6) is 0.858. The van der Waals surface area contributed by atoms with E-state index in [1.54, 1.807) is 18.2 Å². The fraction of sp³-hybridized carbons (Fsp3) is 0.320.